The molecule has 0 atom stereocenters. The molecule has 8 nitrogen and oxygen atoms in total. The summed E-state index contributed by atoms with van der Waals surface area (Å²) in [6.45, 7) is 3.74. The number of nitriles is 1. The smallest absolute Gasteiger partial charge is 0.299 e. The molecule has 3 aromatic heterocycles. The van der Waals surface area contributed by atoms with Gasteiger partial charge in [-0.1, -0.05) is 6.07 Å². The Labute approximate surface area is 141 Å². The predicted molar refractivity (Wildman–Crippen MR) is 90.7 cm³/mol. The van der Waals surface area contributed by atoms with Gasteiger partial charge in [-0.25, -0.2) is 9.78 Å². The molecule has 3 heterocycles. The topological polar surface area (TPSA) is 102 Å². The molecule has 0 saturated carbocycles. The van der Waals surface area contributed by atoms with Gasteiger partial charge in [0.2, 0.25) is 0 Å². The molecule has 0 unspecified atom stereocenters. The van der Waals surface area contributed by atoms with Crippen molar-refractivity contribution in [2.45, 2.75) is 26.9 Å². The summed E-state index contributed by atoms with van der Waals surface area (Å²) in [7, 11) is 0. The first-order chi connectivity index (χ1) is 11.9. The summed E-state index contributed by atoms with van der Waals surface area (Å²) in [5.74, 6) is 0. The zero-order chi connectivity index (χ0) is 18.1. The number of pyridine rings is 1. The van der Waals surface area contributed by atoms with E-state index in [2.05, 4.69) is 4.98 Å². The van der Waals surface area contributed by atoms with Crippen LogP contribution in [-0.4, -0.2) is 18.5 Å². The van der Waals surface area contributed by atoms with Crippen molar-refractivity contribution >= 4 is 5.65 Å². The molecule has 8 heteroatoms. The molecular weight excluding hydrogens is 322 g/mol. The highest BCUT2D eigenvalue weighted by atomic mass is 16.2. The first-order valence-corrected chi connectivity index (χ1v) is 7.68. The van der Waals surface area contributed by atoms with Gasteiger partial charge in [-0.05, 0) is 25.5 Å². The van der Waals surface area contributed by atoms with Gasteiger partial charge >= 0.3 is 5.69 Å². The summed E-state index contributed by atoms with van der Waals surface area (Å²) in [6, 6.07) is 6.59. The van der Waals surface area contributed by atoms with Gasteiger partial charge in [-0.3, -0.25) is 23.1 Å². The molecule has 0 aliphatic rings. The van der Waals surface area contributed by atoms with Crippen molar-refractivity contribution < 1.29 is 0 Å². The fourth-order valence-corrected chi connectivity index (χ4v) is 2.60. The number of aryl methyl sites for hydroxylation is 2. The zero-order valence-electron chi connectivity index (χ0n) is 13.8. The number of rotatable bonds is 3. The van der Waals surface area contributed by atoms with Gasteiger partial charge in [0.25, 0.3) is 11.1 Å². The number of hydrogen-bond donors (Lipinski definition) is 0. The lowest BCUT2D eigenvalue weighted by Gasteiger charge is -2.10. The molecule has 0 saturated heterocycles. The second-order valence-corrected chi connectivity index (χ2v) is 5.63. The van der Waals surface area contributed by atoms with Crippen LogP contribution in [0.1, 0.15) is 23.7 Å². The lowest BCUT2D eigenvalue weighted by atomic mass is 10.3. The van der Waals surface area contributed by atoms with Gasteiger partial charge in [0.05, 0.1) is 12.2 Å². The molecule has 0 amide bonds. The van der Waals surface area contributed by atoms with Crippen molar-refractivity contribution in [1.82, 2.24) is 18.5 Å². The van der Waals surface area contributed by atoms with E-state index in [1.807, 2.05) is 13.0 Å². The Balaban J connectivity index is 2.19. The SMILES string of the molecule is CCn1cc(C#N)c(=O)n(Cc2cc(=O)n3cc(C)ccc3n2)c1=O. The molecule has 0 fully saturated rings. The number of nitrogens with zero attached hydrogens (tertiary/aromatic N) is 5. The average molecular weight is 337 g/mol. The molecule has 0 aromatic carbocycles. The van der Waals surface area contributed by atoms with Crippen LogP contribution in [0.4, 0.5) is 0 Å². The third-order valence-corrected chi connectivity index (χ3v) is 3.88. The first kappa shape index (κ1) is 16.4. The van der Waals surface area contributed by atoms with Crippen LogP contribution in [0.5, 0.6) is 0 Å². The van der Waals surface area contributed by atoms with E-state index in [9.17, 15) is 14.4 Å². The molecule has 0 bridgehead atoms. The molecule has 0 N–H and O–H groups in total. The van der Waals surface area contributed by atoms with Crippen LogP contribution >= 0.6 is 0 Å². The van der Waals surface area contributed by atoms with Gasteiger partial charge in [0.1, 0.15) is 17.3 Å². The van der Waals surface area contributed by atoms with Crippen LogP contribution < -0.4 is 16.8 Å². The number of aromatic nitrogens is 4. The van der Waals surface area contributed by atoms with E-state index in [0.29, 0.717) is 12.2 Å². The molecule has 0 aliphatic carbocycles. The van der Waals surface area contributed by atoms with E-state index in [-0.39, 0.29) is 23.4 Å². The summed E-state index contributed by atoms with van der Waals surface area (Å²) in [4.78, 5) is 41.3. The molecule has 0 radical (unpaired) electrons. The Morgan fingerprint density at radius 2 is 1.96 bits per heavy atom. The molecule has 0 spiro atoms. The van der Waals surface area contributed by atoms with Gasteiger partial charge < -0.3 is 0 Å². The maximum Gasteiger partial charge on any atom is 0.331 e. The Morgan fingerprint density at radius 1 is 1.20 bits per heavy atom. The normalized spacial score (nSPS) is 10.8. The van der Waals surface area contributed by atoms with Crippen molar-refractivity contribution in [3.8, 4) is 6.07 Å². The third-order valence-electron chi connectivity index (χ3n) is 3.88. The standard InChI is InChI=1S/C17H15N5O3/c1-3-20-9-12(7-18)16(24)22(17(20)25)10-13-6-15(23)21-8-11(2)4-5-14(21)19-13/h4-6,8-9H,3,10H2,1-2H3. The summed E-state index contributed by atoms with van der Waals surface area (Å²) in [5, 5.41) is 9.08. The first-order valence-electron chi connectivity index (χ1n) is 7.68. The van der Waals surface area contributed by atoms with Gasteiger partial charge in [0.15, 0.2) is 0 Å². The lowest BCUT2D eigenvalue weighted by molar-refractivity contribution is 0.591. The van der Waals surface area contributed by atoms with Crippen LogP contribution in [0.3, 0.4) is 0 Å². The molecule has 3 rings (SSSR count). The fraction of sp³-hybridized carbons (Fsp3) is 0.235. The molecule has 25 heavy (non-hydrogen) atoms. The van der Waals surface area contributed by atoms with Crippen LogP contribution in [0.2, 0.25) is 0 Å². The summed E-state index contributed by atoms with van der Waals surface area (Å²) in [5.41, 5.74) is -0.0498. The molecule has 126 valence electrons. The van der Waals surface area contributed by atoms with Gasteiger partial charge in [-0.15, -0.1) is 0 Å². The zero-order valence-corrected chi connectivity index (χ0v) is 13.8. The minimum Gasteiger partial charge on any atom is -0.299 e. The maximum absolute atomic E-state index is 12.4. The van der Waals surface area contributed by atoms with E-state index in [1.165, 1.54) is 21.2 Å². The van der Waals surface area contributed by atoms with Crippen LogP contribution in [0.15, 0.2) is 45.0 Å². The second kappa shape index (κ2) is 6.20. The highest BCUT2D eigenvalue weighted by Crippen LogP contribution is 2.03. The van der Waals surface area contributed by atoms with Crippen molar-refractivity contribution in [1.29, 1.82) is 5.26 Å². The third kappa shape index (κ3) is 2.87. The van der Waals surface area contributed by atoms with Gasteiger partial charge in [0, 0.05) is 25.0 Å². The highest BCUT2D eigenvalue weighted by Gasteiger charge is 2.12. The fourth-order valence-electron chi connectivity index (χ4n) is 2.60. The van der Waals surface area contributed by atoms with Crippen LogP contribution in [0, 0.1) is 18.3 Å². The Morgan fingerprint density at radius 3 is 2.64 bits per heavy atom. The Bertz CT molecular complexity index is 1190. The maximum atomic E-state index is 12.4. The molecular formula is C17H15N5O3. The van der Waals surface area contributed by atoms with Crippen molar-refractivity contribution in [2.75, 3.05) is 0 Å². The monoisotopic (exact) mass is 337 g/mol. The summed E-state index contributed by atoms with van der Waals surface area (Å²) in [6.07, 6.45) is 2.91. The predicted octanol–water partition coefficient (Wildman–Crippen LogP) is 0.266. The largest absolute Gasteiger partial charge is 0.331 e. The van der Waals surface area contributed by atoms with E-state index in [0.717, 1.165) is 10.1 Å². The Kier molecular flexibility index (Phi) is 4.07. The van der Waals surface area contributed by atoms with Crippen LogP contribution in [-0.2, 0) is 13.1 Å². The van der Waals surface area contributed by atoms with Gasteiger partial charge in [-0.2, -0.15) is 5.26 Å². The summed E-state index contributed by atoms with van der Waals surface area (Å²) < 4.78 is 3.60. The van der Waals surface area contributed by atoms with E-state index < -0.39 is 11.2 Å². The van der Waals surface area contributed by atoms with Crippen molar-refractivity contribution in [3.63, 3.8) is 0 Å². The second-order valence-electron chi connectivity index (χ2n) is 5.63. The summed E-state index contributed by atoms with van der Waals surface area (Å²) >= 11 is 0. The Hall–Kier alpha value is -3.47. The quantitative estimate of drug-likeness (QED) is 0.682. The molecule has 0 aliphatic heterocycles. The number of hydrogen-bond acceptors (Lipinski definition) is 5. The molecule has 3 aromatic rings. The van der Waals surface area contributed by atoms with E-state index >= 15 is 0 Å². The lowest BCUT2D eigenvalue weighted by Crippen LogP contribution is -2.41. The van der Waals surface area contributed by atoms with Crippen molar-refractivity contribution in [2.24, 2.45) is 0 Å². The van der Waals surface area contributed by atoms with Crippen molar-refractivity contribution in [3.05, 3.63) is 78.6 Å². The minimum absolute atomic E-state index is 0.130. The van der Waals surface area contributed by atoms with E-state index in [1.54, 1.807) is 25.3 Å². The average Bonchev–Trinajstić information content (AvgIpc) is 2.59. The minimum atomic E-state index is -0.692. The van der Waals surface area contributed by atoms with E-state index in [4.69, 9.17) is 5.26 Å². The van der Waals surface area contributed by atoms with Crippen LogP contribution in [0.25, 0.3) is 5.65 Å². The highest BCUT2D eigenvalue weighted by molar-refractivity contribution is 5.40. The number of fused-ring (bicyclic) bond motifs is 1.